The molecule has 2 rings (SSSR count). The number of rotatable bonds is 4. The van der Waals surface area contributed by atoms with E-state index in [9.17, 15) is 0 Å². The standard InChI is InChI=1S/C11H14O5/c1-12-5-7-4-8(13-2)10-11(9(7)14-3)16-6-15-10/h4H,5-6H2,1-3H3. The summed E-state index contributed by atoms with van der Waals surface area (Å²) in [6.07, 6.45) is 0. The van der Waals surface area contributed by atoms with Crippen LogP contribution in [0, 0.1) is 0 Å². The van der Waals surface area contributed by atoms with Crippen molar-refractivity contribution in [1.29, 1.82) is 0 Å². The molecular weight excluding hydrogens is 212 g/mol. The molecular formula is C11H14O5. The molecule has 5 nitrogen and oxygen atoms in total. The van der Waals surface area contributed by atoms with Crippen LogP contribution in [0.15, 0.2) is 6.07 Å². The van der Waals surface area contributed by atoms with Crippen molar-refractivity contribution >= 4 is 0 Å². The van der Waals surface area contributed by atoms with Gasteiger partial charge in [-0.05, 0) is 6.07 Å². The van der Waals surface area contributed by atoms with Crippen LogP contribution < -0.4 is 18.9 Å². The Hall–Kier alpha value is -1.62. The second-order valence-corrected chi connectivity index (χ2v) is 3.27. The van der Waals surface area contributed by atoms with Gasteiger partial charge in [-0.1, -0.05) is 0 Å². The van der Waals surface area contributed by atoms with Crippen LogP contribution in [0.25, 0.3) is 0 Å². The van der Waals surface area contributed by atoms with E-state index < -0.39 is 0 Å². The summed E-state index contributed by atoms with van der Waals surface area (Å²) in [5.74, 6) is 2.42. The van der Waals surface area contributed by atoms with Crippen molar-refractivity contribution in [2.24, 2.45) is 0 Å². The quantitative estimate of drug-likeness (QED) is 0.780. The van der Waals surface area contributed by atoms with E-state index >= 15 is 0 Å². The van der Waals surface area contributed by atoms with E-state index in [0.717, 1.165) is 5.56 Å². The molecule has 16 heavy (non-hydrogen) atoms. The maximum atomic E-state index is 5.37. The first kappa shape index (κ1) is 10.9. The van der Waals surface area contributed by atoms with E-state index in [1.807, 2.05) is 6.07 Å². The van der Waals surface area contributed by atoms with Gasteiger partial charge in [-0.2, -0.15) is 0 Å². The first-order valence-electron chi connectivity index (χ1n) is 4.84. The Morgan fingerprint density at radius 1 is 1.12 bits per heavy atom. The van der Waals surface area contributed by atoms with Gasteiger partial charge in [0, 0.05) is 12.7 Å². The summed E-state index contributed by atoms with van der Waals surface area (Å²) in [6.45, 7) is 0.606. The van der Waals surface area contributed by atoms with Gasteiger partial charge in [-0.3, -0.25) is 0 Å². The molecule has 1 aromatic carbocycles. The molecule has 5 heteroatoms. The van der Waals surface area contributed by atoms with Gasteiger partial charge in [-0.25, -0.2) is 0 Å². The Morgan fingerprint density at radius 3 is 2.50 bits per heavy atom. The monoisotopic (exact) mass is 226 g/mol. The summed E-state index contributed by atoms with van der Waals surface area (Å²) in [5, 5.41) is 0. The summed E-state index contributed by atoms with van der Waals surface area (Å²) < 4.78 is 26.3. The molecule has 0 atom stereocenters. The average molecular weight is 226 g/mol. The molecule has 0 aliphatic carbocycles. The van der Waals surface area contributed by atoms with Crippen molar-refractivity contribution < 1.29 is 23.7 Å². The van der Waals surface area contributed by atoms with Crippen LogP contribution >= 0.6 is 0 Å². The molecule has 0 N–H and O–H groups in total. The normalized spacial score (nSPS) is 12.7. The molecule has 0 amide bonds. The maximum absolute atomic E-state index is 5.37. The largest absolute Gasteiger partial charge is 0.493 e. The van der Waals surface area contributed by atoms with Crippen LogP contribution in [0.2, 0.25) is 0 Å². The van der Waals surface area contributed by atoms with E-state index in [-0.39, 0.29) is 6.79 Å². The third-order valence-electron chi connectivity index (χ3n) is 2.36. The zero-order chi connectivity index (χ0) is 11.5. The molecule has 0 saturated carbocycles. The summed E-state index contributed by atoms with van der Waals surface area (Å²) >= 11 is 0. The minimum Gasteiger partial charge on any atom is -0.493 e. The fourth-order valence-electron chi connectivity index (χ4n) is 1.70. The highest BCUT2D eigenvalue weighted by Crippen LogP contribution is 2.49. The topological polar surface area (TPSA) is 46.2 Å². The Kier molecular flexibility index (Phi) is 3.05. The Morgan fingerprint density at radius 2 is 1.88 bits per heavy atom. The van der Waals surface area contributed by atoms with Crippen LogP contribution in [-0.4, -0.2) is 28.1 Å². The van der Waals surface area contributed by atoms with E-state index in [1.54, 1.807) is 21.3 Å². The number of ether oxygens (including phenoxy) is 5. The van der Waals surface area contributed by atoms with E-state index in [1.165, 1.54) is 0 Å². The lowest BCUT2D eigenvalue weighted by Crippen LogP contribution is -1.97. The second-order valence-electron chi connectivity index (χ2n) is 3.27. The zero-order valence-corrected chi connectivity index (χ0v) is 9.53. The van der Waals surface area contributed by atoms with Crippen LogP contribution in [-0.2, 0) is 11.3 Å². The van der Waals surface area contributed by atoms with Gasteiger partial charge in [0.05, 0.1) is 20.8 Å². The van der Waals surface area contributed by atoms with Crippen LogP contribution in [0.4, 0.5) is 0 Å². The molecule has 0 fully saturated rings. The third kappa shape index (κ3) is 1.63. The summed E-state index contributed by atoms with van der Waals surface area (Å²) in [5.41, 5.74) is 0.867. The smallest absolute Gasteiger partial charge is 0.231 e. The molecule has 0 aromatic heterocycles. The van der Waals surface area contributed by atoms with Crippen molar-refractivity contribution in [2.45, 2.75) is 6.61 Å². The molecule has 0 saturated heterocycles. The van der Waals surface area contributed by atoms with Crippen LogP contribution in [0.3, 0.4) is 0 Å². The Balaban J connectivity index is 2.53. The number of benzene rings is 1. The minimum atomic E-state index is 0.179. The number of hydrogen-bond acceptors (Lipinski definition) is 5. The summed E-state index contributed by atoms with van der Waals surface area (Å²) in [4.78, 5) is 0. The molecule has 1 aliphatic heterocycles. The van der Waals surface area contributed by atoms with Crippen LogP contribution in [0.1, 0.15) is 5.56 Å². The van der Waals surface area contributed by atoms with Crippen molar-refractivity contribution in [3.05, 3.63) is 11.6 Å². The summed E-state index contributed by atoms with van der Waals surface area (Å²) in [7, 11) is 4.79. The van der Waals surface area contributed by atoms with Gasteiger partial charge in [0.2, 0.25) is 18.3 Å². The van der Waals surface area contributed by atoms with Crippen molar-refractivity contribution in [1.82, 2.24) is 0 Å². The molecule has 0 unspecified atom stereocenters. The van der Waals surface area contributed by atoms with Gasteiger partial charge in [-0.15, -0.1) is 0 Å². The van der Waals surface area contributed by atoms with Gasteiger partial charge in [0.25, 0.3) is 0 Å². The number of fused-ring (bicyclic) bond motifs is 1. The molecule has 0 bridgehead atoms. The van der Waals surface area contributed by atoms with Crippen LogP contribution in [0.5, 0.6) is 23.0 Å². The lowest BCUT2D eigenvalue weighted by molar-refractivity contribution is 0.167. The molecule has 1 aromatic rings. The lowest BCUT2D eigenvalue weighted by atomic mass is 10.1. The van der Waals surface area contributed by atoms with Gasteiger partial charge < -0.3 is 23.7 Å². The van der Waals surface area contributed by atoms with Crippen molar-refractivity contribution in [3.63, 3.8) is 0 Å². The predicted octanol–water partition coefficient (Wildman–Crippen LogP) is 1.58. The van der Waals surface area contributed by atoms with Crippen molar-refractivity contribution in [3.8, 4) is 23.0 Å². The summed E-state index contributed by atoms with van der Waals surface area (Å²) in [6, 6.07) is 1.83. The maximum Gasteiger partial charge on any atom is 0.231 e. The SMILES string of the molecule is COCc1cc(OC)c2c(c1OC)OCO2. The number of hydrogen-bond donors (Lipinski definition) is 0. The van der Waals surface area contributed by atoms with Gasteiger partial charge in [0.15, 0.2) is 11.5 Å². The first-order valence-corrected chi connectivity index (χ1v) is 4.84. The molecule has 0 spiro atoms. The molecule has 0 radical (unpaired) electrons. The molecule has 88 valence electrons. The number of methoxy groups -OCH3 is 3. The molecule has 1 aliphatic rings. The Bertz CT molecular complexity index is 388. The van der Waals surface area contributed by atoms with E-state index in [0.29, 0.717) is 29.6 Å². The fourth-order valence-corrected chi connectivity index (χ4v) is 1.70. The highest BCUT2D eigenvalue weighted by molar-refractivity contribution is 5.63. The third-order valence-corrected chi connectivity index (χ3v) is 2.36. The van der Waals surface area contributed by atoms with Gasteiger partial charge in [0.1, 0.15) is 0 Å². The molecule has 1 heterocycles. The minimum absolute atomic E-state index is 0.179. The van der Waals surface area contributed by atoms with Crippen molar-refractivity contribution in [2.75, 3.05) is 28.1 Å². The second kappa shape index (κ2) is 4.49. The zero-order valence-electron chi connectivity index (χ0n) is 9.53. The first-order chi connectivity index (χ1) is 7.81. The Labute approximate surface area is 93.8 Å². The van der Waals surface area contributed by atoms with Gasteiger partial charge >= 0.3 is 0 Å². The predicted molar refractivity (Wildman–Crippen MR) is 56.4 cm³/mol. The highest BCUT2D eigenvalue weighted by Gasteiger charge is 2.26. The highest BCUT2D eigenvalue weighted by atomic mass is 16.7. The van der Waals surface area contributed by atoms with E-state index in [2.05, 4.69) is 0 Å². The lowest BCUT2D eigenvalue weighted by Gasteiger charge is -2.13. The average Bonchev–Trinajstić information content (AvgIpc) is 2.77. The van der Waals surface area contributed by atoms with E-state index in [4.69, 9.17) is 23.7 Å². The fraction of sp³-hybridized carbons (Fsp3) is 0.455.